The summed E-state index contributed by atoms with van der Waals surface area (Å²) in [6.45, 7) is 4.47. The maximum atomic E-state index is 11.5. The molecule has 0 saturated carbocycles. The smallest absolute Gasteiger partial charge is 0.321 e. The lowest BCUT2D eigenvalue weighted by Crippen LogP contribution is -2.49. The predicted molar refractivity (Wildman–Crippen MR) is 70.0 cm³/mol. The number of urea groups is 1. The van der Waals surface area contributed by atoms with E-state index >= 15 is 0 Å². The van der Waals surface area contributed by atoms with Crippen molar-refractivity contribution in [3.05, 3.63) is 0 Å². The first-order chi connectivity index (χ1) is 8.58. The Balaban J connectivity index is 2.37. The van der Waals surface area contributed by atoms with E-state index in [1.54, 1.807) is 0 Å². The molecule has 0 radical (unpaired) electrons. The summed E-state index contributed by atoms with van der Waals surface area (Å²) in [4.78, 5) is 24.7. The number of carbonyl (C=O) groups is 2. The van der Waals surface area contributed by atoms with E-state index in [-0.39, 0.29) is 5.91 Å². The quantitative estimate of drug-likeness (QED) is 0.655. The maximum absolute atomic E-state index is 11.5. The molecule has 0 aromatic rings. The van der Waals surface area contributed by atoms with Gasteiger partial charge in [-0.15, -0.1) is 0 Å². The second-order valence-corrected chi connectivity index (χ2v) is 4.84. The van der Waals surface area contributed by atoms with E-state index in [1.165, 1.54) is 13.5 Å². The summed E-state index contributed by atoms with van der Waals surface area (Å²) in [5, 5.41) is 4.62. The van der Waals surface area contributed by atoms with Crippen LogP contribution < -0.4 is 16.4 Å². The number of piperidine rings is 1. The van der Waals surface area contributed by atoms with Gasteiger partial charge in [-0.25, -0.2) is 4.79 Å². The second-order valence-electron chi connectivity index (χ2n) is 4.84. The van der Waals surface area contributed by atoms with Gasteiger partial charge in [-0.3, -0.25) is 15.0 Å². The lowest BCUT2D eigenvalue weighted by molar-refractivity contribution is -0.120. The first-order valence-corrected chi connectivity index (χ1v) is 6.54. The van der Waals surface area contributed by atoms with Crippen LogP contribution in [0.15, 0.2) is 0 Å². The van der Waals surface area contributed by atoms with Crippen molar-refractivity contribution in [3.8, 4) is 0 Å². The summed E-state index contributed by atoms with van der Waals surface area (Å²) in [6, 6.07) is -0.103. The molecule has 4 N–H and O–H groups in total. The van der Waals surface area contributed by atoms with Crippen molar-refractivity contribution >= 4 is 11.9 Å². The van der Waals surface area contributed by atoms with E-state index in [1.807, 2.05) is 0 Å². The SMILES string of the molecule is CNC(=O)NC(=O)CCN1CCCC(C)C1CN. The van der Waals surface area contributed by atoms with Gasteiger partial charge in [0.2, 0.25) is 5.91 Å². The van der Waals surface area contributed by atoms with Crippen LogP contribution >= 0.6 is 0 Å². The Bertz CT molecular complexity index is 296. The van der Waals surface area contributed by atoms with E-state index in [2.05, 4.69) is 22.5 Å². The minimum absolute atomic E-state index is 0.247. The van der Waals surface area contributed by atoms with E-state index < -0.39 is 6.03 Å². The Morgan fingerprint density at radius 2 is 2.17 bits per heavy atom. The van der Waals surface area contributed by atoms with Gasteiger partial charge in [0.05, 0.1) is 0 Å². The third-order valence-electron chi connectivity index (χ3n) is 3.58. The monoisotopic (exact) mass is 256 g/mol. The van der Waals surface area contributed by atoms with E-state index in [0.717, 1.165) is 13.0 Å². The number of hydrogen-bond acceptors (Lipinski definition) is 4. The Labute approximate surface area is 108 Å². The van der Waals surface area contributed by atoms with Crippen LogP contribution in [0.5, 0.6) is 0 Å². The fourth-order valence-corrected chi connectivity index (χ4v) is 2.49. The third kappa shape index (κ3) is 4.27. The van der Waals surface area contributed by atoms with Gasteiger partial charge >= 0.3 is 6.03 Å². The van der Waals surface area contributed by atoms with E-state index in [9.17, 15) is 9.59 Å². The molecule has 6 nitrogen and oxygen atoms in total. The van der Waals surface area contributed by atoms with Crippen LogP contribution in [0.2, 0.25) is 0 Å². The van der Waals surface area contributed by atoms with Crippen LogP contribution in [0.1, 0.15) is 26.2 Å². The van der Waals surface area contributed by atoms with E-state index in [4.69, 9.17) is 5.73 Å². The number of carbonyl (C=O) groups excluding carboxylic acids is 2. The van der Waals surface area contributed by atoms with Gasteiger partial charge in [-0.05, 0) is 25.3 Å². The summed E-state index contributed by atoms with van der Waals surface area (Å²) in [5.74, 6) is 0.328. The lowest BCUT2D eigenvalue weighted by atomic mass is 9.90. The van der Waals surface area contributed by atoms with Gasteiger partial charge < -0.3 is 11.1 Å². The van der Waals surface area contributed by atoms with Crippen LogP contribution in [-0.2, 0) is 4.79 Å². The van der Waals surface area contributed by atoms with Crippen molar-refractivity contribution in [2.45, 2.75) is 32.2 Å². The molecular weight excluding hydrogens is 232 g/mol. The minimum Gasteiger partial charge on any atom is -0.341 e. The van der Waals surface area contributed by atoms with Crippen molar-refractivity contribution in [1.82, 2.24) is 15.5 Å². The van der Waals surface area contributed by atoms with Crippen molar-refractivity contribution in [2.75, 3.05) is 26.7 Å². The Morgan fingerprint density at radius 1 is 1.44 bits per heavy atom. The molecular formula is C12H24N4O2. The van der Waals surface area contributed by atoms with Crippen molar-refractivity contribution in [3.63, 3.8) is 0 Å². The summed E-state index contributed by atoms with van der Waals surface area (Å²) < 4.78 is 0. The minimum atomic E-state index is -0.456. The Hall–Kier alpha value is -1.14. The Morgan fingerprint density at radius 3 is 2.78 bits per heavy atom. The fraction of sp³-hybridized carbons (Fsp3) is 0.833. The number of rotatable bonds is 4. The predicted octanol–water partition coefficient (Wildman–Crippen LogP) is -0.109. The van der Waals surface area contributed by atoms with Crippen LogP contribution in [0.3, 0.4) is 0 Å². The average molecular weight is 256 g/mol. The number of likely N-dealkylation sites (tertiary alicyclic amines) is 1. The van der Waals surface area contributed by atoms with Gasteiger partial charge in [0.15, 0.2) is 0 Å². The zero-order valence-electron chi connectivity index (χ0n) is 11.2. The first-order valence-electron chi connectivity index (χ1n) is 6.54. The molecule has 3 amide bonds. The second kappa shape index (κ2) is 7.33. The standard InChI is InChI=1S/C12H24N4O2/c1-9-4-3-6-16(10(9)8-13)7-5-11(17)15-12(18)14-2/h9-10H,3-8,13H2,1-2H3,(H2,14,15,17,18). The molecule has 1 aliphatic heterocycles. The molecule has 0 spiro atoms. The highest BCUT2D eigenvalue weighted by molar-refractivity contribution is 5.94. The molecule has 18 heavy (non-hydrogen) atoms. The molecule has 0 aromatic heterocycles. The summed E-state index contributed by atoms with van der Waals surface area (Å²) in [7, 11) is 1.49. The number of imide groups is 1. The first kappa shape index (κ1) is 14.9. The van der Waals surface area contributed by atoms with Gasteiger partial charge in [-0.2, -0.15) is 0 Å². The van der Waals surface area contributed by atoms with Crippen LogP contribution in [-0.4, -0.2) is 49.6 Å². The number of nitrogens with zero attached hydrogens (tertiary/aromatic N) is 1. The molecule has 1 aliphatic rings. The van der Waals surface area contributed by atoms with Crippen molar-refractivity contribution < 1.29 is 9.59 Å². The maximum Gasteiger partial charge on any atom is 0.321 e. The average Bonchev–Trinajstić information content (AvgIpc) is 2.36. The molecule has 1 fully saturated rings. The molecule has 0 aromatic carbocycles. The normalized spacial score (nSPS) is 24.6. The van der Waals surface area contributed by atoms with Crippen molar-refractivity contribution in [2.24, 2.45) is 11.7 Å². The van der Waals surface area contributed by atoms with Crippen molar-refractivity contribution in [1.29, 1.82) is 0 Å². The number of nitrogens with two attached hydrogens (primary N) is 1. The topological polar surface area (TPSA) is 87.5 Å². The molecule has 6 heteroatoms. The summed E-state index contributed by atoms with van der Waals surface area (Å²) in [5.41, 5.74) is 5.79. The highest BCUT2D eigenvalue weighted by Gasteiger charge is 2.27. The fourth-order valence-electron chi connectivity index (χ4n) is 2.49. The molecule has 1 rings (SSSR count). The van der Waals surface area contributed by atoms with Gasteiger partial charge in [-0.1, -0.05) is 6.92 Å². The highest BCUT2D eigenvalue weighted by atomic mass is 16.2. The molecule has 1 saturated heterocycles. The van der Waals surface area contributed by atoms with Gasteiger partial charge in [0, 0.05) is 32.6 Å². The lowest BCUT2D eigenvalue weighted by Gasteiger charge is -2.39. The zero-order chi connectivity index (χ0) is 13.5. The van der Waals surface area contributed by atoms with E-state index in [0.29, 0.717) is 31.5 Å². The molecule has 2 unspecified atom stereocenters. The van der Waals surface area contributed by atoms with Crippen LogP contribution in [0.25, 0.3) is 0 Å². The summed E-state index contributed by atoms with van der Waals surface area (Å²) in [6.07, 6.45) is 2.67. The van der Waals surface area contributed by atoms with Gasteiger partial charge in [0.1, 0.15) is 0 Å². The summed E-state index contributed by atoms with van der Waals surface area (Å²) >= 11 is 0. The molecule has 2 atom stereocenters. The number of amides is 3. The van der Waals surface area contributed by atoms with Crippen LogP contribution in [0.4, 0.5) is 4.79 Å². The third-order valence-corrected chi connectivity index (χ3v) is 3.58. The number of hydrogen-bond donors (Lipinski definition) is 3. The largest absolute Gasteiger partial charge is 0.341 e. The molecule has 104 valence electrons. The van der Waals surface area contributed by atoms with Gasteiger partial charge in [0.25, 0.3) is 0 Å². The highest BCUT2D eigenvalue weighted by Crippen LogP contribution is 2.22. The Kier molecular flexibility index (Phi) is 6.07. The zero-order valence-corrected chi connectivity index (χ0v) is 11.2. The molecule has 0 bridgehead atoms. The number of nitrogens with one attached hydrogen (secondary N) is 2. The molecule has 1 heterocycles. The molecule has 0 aliphatic carbocycles. The van der Waals surface area contributed by atoms with Crippen LogP contribution in [0, 0.1) is 5.92 Å².